The van der Waals surface area contributed by atoms with Crippen molar-refractivity contribution in [2.24, 2.45) is 5.92 Å². The van der Waals surface area contributed by atoms with Crippen molar-refractivity contribution < 1.29 is 17.9 Å². The summed E-state index contributed by atoms with van der Waals surface area (Å²) in [6.07, 6.45) is 1.68. The number of methoxy groups -OCH3 is 1. The molecule has 1 fully saturated rings. The van der Waals surface area contributed by atoms with Crippen LogP contribution in [0, 0.1) is 17.2 Å². The maximum atomic E-state index is 12.4. The molecule has 0 aromatic heterocycles. The Morgan fingerprint density at radius 1 is 1.19 bits per heavy atom. The fourth-order valence-electron chi connectivity index (χ4n) is 4.41. The molecule has 0 spiro atoms. The number of hydrogen-bond donors (Lipinski definition) is 1. The smallest absolute Gasteiger partial charge is 0.240 e. The van der Waals surface area contributed by atoms with Crippen LogP contribution in [0.1, 0.15) is 29.9 Å². The molecule has 1 N–H and O–H groups in total. The lowest BCUT2D eigenvalue weighted by atomic mass is 9.86. The molecule has 172 valence electrons. The van der Waals surface area contributed by atoms with Gasteiger partial charge in [-0.25, -0.2) is 13.1 Å². The molecule has 7 nitrogen and oxygen atoms in total. The number of benzene rings is 2. The van der Waals surface area contributed by atoms with Crippen LogP contribution in [0.4, 0.5) is 0 Å². The number of rotatable bonds is 8. The van der Waals surface area contributed by atoms with E-state index in [0.717, 1.165) is 43.8 Å². The molecule has 2 aromatic rings. The summed E-state index contributed by atoms with van der Waals surface area (Å²) < 4.78 is 38.4. The molecule has 0 aliphatic carbocycles. The Kier molecular flexibility index (Phi) is 8.01. The second kappa shape index (κ2) is 10.5. The zero-order valence-corrected chi connectivity index (χ0v) is 19.6. The van der Waals surface area contributed by atoms with E-state index in [1.807, 2.05) is 12.1 Å². The maximum Gasteiger partial charge on any atom is 0.240 e. The second-order valence-corrected chi connectivity index (χ2v) is 9.85. The molecule has 2 atom stereocenters. The van der Waals surface area contributed by atoms with Crippen LogP contribution >= 0.6 is 12.4 Å². The Labute approximate surface area is 195 Å². The first-order valence-electron chi connectivity index (χ1n) is 10.5. The SMILES string of the molecule is COc1ccc(S(=O)(=O)NCCCCN2C[C@H]3COc4ccc(C#N)cc4[C@@H]3C2)cc1.Cl. The molecule has 9 heteroatoms. The highest BCUT2D eigenvalue weighted by Gasteiger charge is 2.38. The molecule has 2 aliphatic heterocycles. The van der Waals surface area contributed by atoms with Gasteiger partial charge in [-0.2, -0.15) is 5.26 Å². The summed E-state index contributed by atoms with van der Waals surface area (Å²) in [7, 11) is -1.96. The predicted octanol–water partition coefficient (Wildman–Crippen LogP) is 3.16. The average Bonchev–Trinajstić information content (AvgIpc) is 3.22. The Morgan fingerprint density at radius 2 is 1.97 bits per heavy atom. The first-order valence-corrected chi connectivity index (χ1v) is 12.0. The lowest BCUT2D eigenvalue weighted by molar-refractivity contribution is 0.212. The number of nitrogens with one attached hydrogen (secondary N) is 1. The van der Waals surface area contributed by atoms with Crippen LogP contribution in [0.2, 0.25) is 0 Å². The summed E-state index contributed by atoms with van der Waals surface area (Å²) in [6, 6.07) is 14.3. The first-order chi connectivity index (χ1) is 15.0. The number of fused-ring (bicyclic) bond motifs is 3. The largest absolute Gasteiger partial charge is 0.497 e. The number of halogens is 1. The van der Waals surface area contributed by atoms with E-state index in [2.05, 4.69) is 15.7 Å². The van der Waals surface area contributed by atoms with Gasteiger partial charge in [0.15, 0.2) is 0 Å². The van der Waals surface area contributed by atoms with Crippen LogP contribution in [-0.2, 0) is 10.0 Å². The van der Waals surface area contributed by atoms with Crippen molar-refractivity contribution in [1.82, 2.24) is 9.62 Å². The zero-order valence-electron chi connectivity index (χ0n) is 18.0. The first kappa shape index (κ1) is 24.3. The van der Waals surface area contributed by atoms with Crippen LogP contribution in [0.25, 0.3) is 0 Å². The Bertz CT molecular complexity index is 1070. The molecule has 0 radical (unpaired) electrons. The molecule has 2 heterocycles. The fourth-order valence-corrected chi connectivity index (χ4v) is 5.48. The van der Waals surface area contributed by atoms with Crippen molar-refractivity contribution in [2.75, 3.05) is 39.9 Å². The Hall–Kier alpha value is -2.31. The van der Waals surface area contributed by atoms with Crippen molar-refractivity contribution in [1.29, 1.82) is 5.26 Å². The van der Waals surface area contributed by atoms with E-state index < -0.39 is 10.0 Å². The van der Waals surface area contributed by atoms with Crippen molar-refractivity contribution in [3.8, 4) is 17.6 Å². The van der Waals surface area contributed by atoms with Gasteiger partial charge in [-0.15, -0.1) is 12.4 Å². The third-order valence-corrected chi connectivity index (χ3v) is 7.55. The highest BCUT2D eigenvalue weighted by molar-refractivity contribution is 7.89. The highest BCUT2D eigenvalue weighted by atomic mass is 35.5. The monoisotopic (exact) mass is 477 g/mol. The standard InChI is InChI=1S/C23H27N3O4S.ClH/c1-29-19-5-7-20(8-6-19)31(27,28)25-10-2-3-11-26-14-18-16-30-23-9-4-17(13-24)12-21(23)22(18)15-26;/h4-9,12,18,22,25H,2-3,10-11,14-16H2,1H3;1H/t18-,22+;/m0./s1. The van der Waals surface area contributed by atoms with E-state index in [0.29, 0.717) is 36.3 Å². The van der Waals surface area contributed by atoms with E-state index >= 15 is 0 Å². The third-order valence-electron chi connectivity index (χ3n) is 6.07. The van der Waals surface area contributed by atoms with Gasteiger partial charge in [0.2, 0.25) is 10.0 Å². The summed E-state index contributed by atoms with van der Waals surface area (Å²) >= 11 is 0. The van der Waals surface area contributed by atoms with Crippen LogP contribution in [0.3, 0.4) is 0 Å². The van der Waals surface area contributed by atoms with Gasteiger partial charge in [-0.05, 0) is 61.9 Å². The number of unbranched alkanes of at least 4 members (excludes halogenated alkanes) is 1. The summed E-state index contributed by atoms with van der Waals surface area (Å²) in [5.74, 6) is 2.36. The van der Waals surface area contributed by atoms with Crippen molar-refractivity contribution in [2.45, 2.75) is 23.7 Å². The van der Waals surface area contributed by atoms with Gasteiger partial charge in [0, 0.05) is 37.0 Å². The second-order valence-electron chi connectivity index (χ2n) is 8.08. The van der Waals surface area contributed by atoms with E-state index in [1.54, 1.807) is 37.4 Å². The summed E-state index contributed by atoms with van der Waals surface area (Å²) in [6.45, 7) is 3.96. The average molecular weight is 478 g/mol. The molecule has 32 heavy (non-hydrogen) atoms. The van der Waals surface area contributed by atoms with Gasteiger partial charge in [0.25, 0.3) is 0 Å². The quantitative estimate of drug-likeness (QED) is 0.587. The minimum atomic E-state index is -3.50. The van der Waals surface area contributed by atoms with Gasteiger partial charge in [0.1, 0.15) is 11.5 Å². The lowest BCUT2D eigenvalue weighted by Gasteiger charge is -2.27. The number of sulfonamides is 1. The molecular formula is C23H28ClN3O4S. The van der Waals surface area contributed by atoms with E-state index in [4.69, 9.17) is 9.47 Å². The van der Waals surface area contributed by atoms with Gasteiger partial charge >= 0.3 is 0 Å². The van der Waals surface area contributed by atoms with Crippen molar-refractivity contribution >= 4 is 22.4 Å². The van der Waals surface area contributed by atoms with Crippen molar-refractivity contribution in [3.05, 3.63) is 53.6 Å². The third kappa shape index (κ3) is 5.36. The Balaban J connectivity index is 0.00000289. The van der Waals surface area contributed by atoms with Crippen LogP contribution in [0.15, 0.2) is 47.4 Å². The fraction of sp³-hybridized carbons (Fsp3) is 0.435. The van der Waals surface area contributed by atoms with Gasteiger partial charge in [0.05, 0.1) is 30.2 Å². The topological polar surface area (TPSA) is 91.7 Å². The van der Waals surface area contributed by atoms with E-state index in [9.17, 15) is 13.7 Å². The number of likely N-dealkylation sites (tertiary alicyclic amines) is 1. The lowest BCUT2D eigenvalue weighted by Crippen LogP contribution is -2.27. The minimum absolute atomic E-state index is 0. The molecule has 0 saturated carbocycles. The number of ether oxygens (including phenoxy) is 2. The summed E-state index contributed by atoms with van der Waals surface area (Å²) in [5.41, 5.74) is 1.82. The molecule has 0 unspecified atom stereocenters. The van der Waals surface area contributed by atoms with E-state index in [1.165, 1.54) is 0 Å². The summed E-state index contributed by atoms with van der Waals surface area (Å²) in [5, 5.41) is 9.20. The molecule has 0 bridgehead atoms. The normalized spacial score (nSPS) is 19.8. The van der Waals surface area contributed by atoms with Gasteiger partial charge in [-0.1, -0.05) is 0 Å². The molecule has 2 aromatic carbocycles. The molecule has 1 saturated heterocycles. The number of nitrogens with zero attached hydrogens (tertiary/aromatic N) is 2. The Morgan fingerprint density at radius 3 is 2.69 bits per heavy atom. The minimum Gasteiger partial charge on any atom is -0.497 e. The molecule has 4 rings (SSSR count). The molecular weight excluding hydrogens is 450 g/mol. The highest BCUT2D eigenvalue weighted by Crippen LogP contribution is 2.41. The van der Waals surface area contributed by atoms with E-state index in [-0.39, 0.29) is 17.3 Å². The number of hydrogen-bond acceptors (Lipinski definition) is 6. The molecule has 2 aliphatic rings. The van der Waals surface area contributed by atoms with Crippen molar-refractivity contribution in [3.63, 3.8) is 0 Å². The van der Waals surface area contributed by atoms with Gasteiger partial charge in [-0.3, -0.25) is 0 Å². The molecule has 0 amide bonds. The predicted molar refractivity (Wildman–Crippen MR) is 124 cm³/mol. The zero-order chi connectivity index (χ0) is 21.8. The number of nitriles is 1. The summed E-state index contributed by atoms with van der Waals surface area (Å²) in [4.78, 5) is 2.66. The van der Waals surface area contributed by atoms with Crippen LogP contribution in [0.5, 0.6) is 11.5 Å². The van der Waals surface area contributed by atoms with Crippen LogP contribution in [-0.4, -0.2) is 53.2 Å². The van der Waals surface area contributed by atoms with Crippen LogP contribution < -0.4 is 14.2 Å². The van der Waals surface area contributed by atoms with Gasteiger partial charge < -0.3 is 14.4 Å². The maximum absolute atomic E-state index is 12.4.